The maximum atomic E-state index is 13.1. The van der Waals surface area contributed by atoms with Crippen LogP contribution in [0, 0.1) is 11.7 Å². The van der Waals surface area contributed by atoms with Gasteiger partial charge in [-0.25, -0.2) is 4.39 Å². The summed E-state index contributed by atoms with van der Waals surface area (Å²) in [6.07, 6.45) is 2.07. The Hall–Kier alpha value is -1.15. The molecule has 94 valence electrons. The van der Waals surface area contributed by atoms with Crippen LogP contribution in [0.15, 0.2) is 29.8 Å². The molecule has 0 atom stereocenters. The lowest BCUT2D eigenvalue weighted by molar-refractivity contribution is 0.592. The Labute approximate surface area is 104 Å². The minimum atomic E-state index is -0.182. The summed E-state index contributed by atoms with van der Waals surface area (Å²) >= 11 is 0. The van der Waals surface area contributed by atoms with E-state index in [1.54, 1.807) is 12.1 Å². The van der Waals surface area contributed by atoms with Gasteiger partial charge in [0.2, 0.25) is 0 Å². The van der Waals surface area contributed by atoms with E-state index in [0.29, 0.717) is 12.0 Å². The van der Waals surface area contributed by atoms with Crippen LogP contribution in [0.1, 0.15) is 33.3 Å². The maximum absolute atomic E-state index is 13.1. The Morgan fingerprint density at radius 1 is 1.29 bits per heavy atom. The summed E-state index contributed by atoms with van der Waals surface area (Å²) in [6.45, 7) is 9.42. The SMILES string of the molecule is CC(C)NCC(=Cc1cccc(F)c1)C(C)C. The second kappa shape index (κ2) is 6.55. The van der Waals surface area contributed by atoms with Crippen LogP contribution >= 0.6 is 0 Å². The van der Waals surface area contributed by atoms with Gasteiger partial charge in [-0.2, -0.15) is 0 Å². The van der Waals surface area contributed by atoms with Gasteiger partial charge in [0, 0.05) is 12.6 Å². The molecule has 1 aromatic carbocycles. The first-order chi connectivity index (χ1) is 7.99. The monoisotopic (exact) mass is 235 g/mol. The highest BCUT2D eigenvalue weighted by Gasteiger charge is 2.04. The molecule has 0 saturated heterocycles. The molecule has 1 N–H and O–H groups in total. The first-order valence-corrected chi connectivity index (χ1v) is 6.18. The molecule has 0 fully saturated rings. The smallest absolute Gasteiger partial charge is 0.123 e. The van der Waals surface area contributed by atoms with Crippen molar-refractivity contribution in [2.75, 3.05) is 6.54 Å². The van der Waals surface area contributed by atoms with Crippen LogP contribution in [0.2, 0.25) is 0 Å². The zero-order chi connectivity index (χ0) is 12.8. The Bertz CT molecular complexity index is 380. The minimum Gasteiger partial charge on any atom is -0.311 e. The van der Waals surface area contributed by atoms with Gasteiger partial charge in [-0.1, -0.05) is 51.5 Å². The van der Waals surface area contributed by atoms with E-state index in [9.17, 15) is 4.39 Å². The molecule has 0 saturated carbocycles. The number of benzene rings is 1. The maximum Gasteiger partial charge on any atom is 0.123 e. The van der Waals surface area contributed by atoms with E-state index >= 15 is 0 Å². The van der Waals surface area contributed by atoms with Crippen molar-refractivity contribution in [1.29, 1.82) is 0 Å². The molecule has 17 heavy (non-hydrogen) atoms. The van der Waals surface area contributed by atoms with Gasteiger partial charge < -0.3 is 5.32 Å². The minimum absolute atomic E-state index is 0.182. The fraction of sp³-hybridized carbons (Fsp3) is 0.467. The van der Waals surface area contributed by atoms with Crippen LogP contribution in [-0.2, 0) is 0 Å². The molecule has 0 aromatic heterocycles. The van der Waals surface area contributed by atoms with Crippen LogP contribution in [0.5, 0.6) is 0 Å². The molecular formula is C15H22FN. The summed E-state index contributed by atoms with van der Waals surface area (Å²) in [7, 11) is 0. The van der Waals surface area contributed by atoms with E-state index in [0.717, 1.165) is 12.1 Å². The zero-order valence-corrected chi connectivity index (χ0v) is 11.1. The largest absolute Gasteiger partial charge is 0.311 e. The average Bonchev–Trinajstić information content (AvgIpc) is 2.23. The lowest BCUT2D eigenvalue weighted by atomic mass is 10.00. The highest BCUT2D eigenvalue weighted by Crippen LogP contribution is 2.15. The molecule has 1 rings (SSSR count). The third kappa shape index (κ3) is 5.14. The third-order valence-corrected chi connectivity index (χ3v) is 2.66. The van der Waals surface area contributed by atoms with Gasteiger partial charge >= 0.3 is 0 Å². The molecule has 0 bridgehead atoms. The fourth-order valence-electron chi connectivity index (χ4n) is 1.55. The van der Waals surface area contributed by atoms with Crippen molar-refractivity contribution in [2.45, 2.75) is 33.7 Å². The van der Waals surface area contributed by atoms with E-state index in [-0.39, 0.29) is 5.82 Å². The first kappa shape index (κ1) is 13.9. The Morgan fingerprint density at radius 3 is 2.53 bits per heavy atom. The molecule has 0 aliphatic carbocycles. The molecule has 0 unspecified atom stereocenters. The second-order valence-corrected chi connectivity index (χ2v) is 4.96. The topological polar surface area (TPSA) is 12.0 Å². The first-order valence-electron chi connectivity index (χ1n) is 6.18. The summed E-state index contributed by atoms with van der Waals surface area (Å²) in [5.74, 6) is 0.281. The third-order valence-electron chi connectivity index (χ3n) is 2.66. The Kier molecular flexibility index (Phi) is 5.36. The Balaban J connectivity index is 2.82. The van der Waals surface area contributed by atoms with Gasteiger partial charge in [-0.05, 0) is 23.6 Å². The molecule has 0 heterocycles. The number of hydrogen-bond donors (Lipinski definition) is 1. The fourth-order valence-corrected chi connectivity index (χ4v) is 1.55. The summed E-state index contributed by atoms with van der Waals surface area (Å²) in [4.78, 5) is 0. The highest BCUT2D eigenvalue weighted by molar-refractivity contribution is 5.53. The van der Waals surface area contributed by atoms with Gasteiger partial charge in [0.25, 0.3) is 0 Å². The molecule has 0 spiro atoms. The standard InChI is InChI=1S/C15H22FN/c1-11(2)14(10-17-12(3)4)8-13-6-5-7-15(16)9-13/h5-9,11-12,17H,10H2,1-4H3. The van der Waals surface area contributed by atoms with Gasteiger partial charge in [-0.3, -0.25) is 0 Å². The van der Waals surface area contributed by atoms with Crippen LogP contribution in [0.25, 0.3) is 6.08 Å². The average molecular weight is 235 g/mol. The molecule has 0 aliphatic heterocycles. The van der Waals surface area contributed by atoms with Crippen LogP contribution in [0.4, 0.5) is 4.39 Å². The molecule has 0 aliphatic rings. The van der Waals surface area contributed by atoms with Crippen LogP contribution in [-0.4, -0.2) is 12.6 Å². The second-order valence-electron chi connectivity index (χ2n) is 4.96. The summed E-state index contributed by atoms with van der Waals surface area (Å²) in [5.41, 5.74) is 2.23. The Morgan fingerprint density at radius 2 is 2.00 bits per heavy atom. The van der Waals surface area contributed by atoms with Crippen LogP contribution < -0.4 is 5.32 Å². The lowest BCUT2D eigenvalue weighted by Crippen LogP contribution is -2.26. The van der Waals surface area contributed by atoms with Crippen molar-refractivity contribution in [3.63, 3.8) is 0 Å². The lowest BCUT2D eigenvalue weighted by Gasteiger charge is -2.15. The van der Waals surface area contributed by atoms with Gasteiger partial charge in [0.15, 0.2) is 0 Å². The van der Waals surface area contributed by atoms with E-state index < -0.39 is 0 Å². The number of halogens is 1. The molecule has 2 heteroatoms. The normalized spacial score (nSPS) is 12.5. The van der Waals surface area contributed by atoms with Crippen molar-refractivity contribution in [2.24, 2.45) is 5.92 Å². The zero-order valence-electron chi connectivity index (χ0n) is 11.1. The van der Waals surface area contributed by atoms with E-state index in [2.05, 4.69) is 39.1 Å². The molecule has 1 aromatic rings. The number of rotatable bonds is 5. The predicted octanol–water partition coefficient (Wildman–Crippen LogP) is 3.86. The number of nitrogens with one attached hydrogen (secondary N) is 1. The predicted molar refractivity (Wildman–Crippen MR) is 72.4 cm³/mol. The van der Waals surface area contributed by atoms with Gasteiger partial charge in [0.05, 0.1) is 0 Å². The van der Waals surface area contributed by atoms with Crippen molar-refractivity contribution in [1.82, 2.24) is 5.32 Å². The van der Waals surface area contributed by atoms with Crippen molar-refractivity contribution >= 4 is 6.08 Å². The highest BCUT2D eigenvalue weighted by atomic mass is 19.1. The number of hydrogen-bond acceptors (Lipinski definition) is 1. The van der Waals surface area contributed by atoms with Crippen molar-refractivity contribution in [3.8, 4) is 0 Å². The quantitative estimate of drug-likeness (QED) is 0.817. The van der Waals surface area contributed by atoms with Crippen molar-refractivity contribution in [3.05, 3.63) is 41.2 Å². The van der Waals surface area contributed by atoms with Gasteiger partial charge in [-0.15, -0.1) is 0 Å². The van der Waals surface area contributed by atoms with E-state index in [1.165, 1.54) is 11.6 Å². The van der Waals surface area contributed by atoms with E-state index in [1.807, 2.05) is 6.07 Å². The molecular weight excluding hydrogens is 213 g/mol. The molecule has 0 radical (unpaired) electrons. The summed E-state index contributed by atoms with van der Waals surface area (Å²) in [5, 5.41) is 3.40. The van der Waals surface area contributed by atoms with Crippen molar-refractivity contribution < 1.29 is 4.39 Å². The molecule has 1 nitrogen and oxygen atoms in total. The molecule has 0 amide bonds. The van der Waals surface area contributed by atoms with E-state index in [4.69, 9.17) is 0 Å². The van der Waals surface area contributed by atoms with Crippen LogP contribution in [0.3, 0.4) is 0 Å². The summed E-state index contributed by atoms with van der Waals surface area (Å²) in [6, 6.07) is 7.18. The van der Waals surface area contributed by atoms with Gasteiger partial charge in [0.1, 0.15) is 5.82 Å². The summed E-state index contributed by atoms with van der Waals surface area (Å²) < 4.78 is 13.1.